The minimum absolute atomic E-state index is 1.16. The van der Waals surface area contributed by atoms with Crippen LogP contribution in [-0.4, -0.2) is 41.5 Å². The standard InChI is InChI=1S/C10H21N2/c1-4-5-6-11-7-8-12(9-11)10(2)3/h4-9H2,1-3H3/q+1. The van der Waals surface area contributed by atoms with Gasteiger partial charge in [0.05, 0.1) is 6.54 Å². The average molecular weight is 169 g/mol. The predicted octanol–water partition coefficient (Wildman–Crippen LogP) is 1.55. The molecule has 0 spiro atoms. The van der Waals surface area contributed by atoms with Gasteiger partial charge in [0.1, 0.15) is 5.71 Å². The highest BCUT2D eigenvalue weighted by atomic mass is 15.3. The first kappa shape index (κ1) is 9.72. The maximum atomic E-state index is 2.54. The van der Waals surface area contributed by atoms with E-state index in [1.54, 1.807) is 0 Å². The molecule has 0 unspecified atom stereocenters. The van der Waals surface area contributed by atoms with Crippen molar-refractivity contribution in [2.45, 2.75) is 33.6 Å². The first-order chi connectivity index (χ1) is 5.74. The molecule has 0 aromatic rings. The van der Waals surface area contributed by atoms with Crippen LogP contribution in [-0.2, 0) is 0 Å². The first-order valence-corrected chi connectivity index (χ1v) is 5.01. The molecule has 1 aliphatic rings. The number of hydrogen-bond donors (Lipinski definition) is 0. The van der Waals surface area contributed by atoms with Gasteiger partial charge in [-0.1, -0.05) is 13.3 Å². The third kappa shape index (κ3) is 2.59. The van der Waals surface area contributed by atoms with E-state index in [-0.39, 0.29) is 0 Å². The van der Waals surface area contributed by atoms with Crippen LogP contribution in [0.1, 0.15) is 33.6 Å². The van der Waals surface area contributed by atoms with Crippen molar-refractivity contribution in [1.29, 1.82) is 0 Å². The molecule has 2 heteroatoms. The molecule has 0 aliphatic carbocycles. The van der Waals surface area contributed by atoms with Gasteiger partial charge in [-0.25, -0.2) is 9.48 Å². The smallest absolute Gasteiger partial charge is 0.199 e. The highest BCUT2D eigenvalue weighted by Crippen LogP contribution is 2.02. The van der Waals surface area contributed by atoms with E-state index in [9.17, 15) is 0 Å². The predicted molar refractivity (Wildman–Crippen MR) is 52.8 cm³/mol. The lowest BCUT2D eigenvalue weighted by atomic mass is 10.3. The molecule has 1 fully saturated rings. The summed E-state index contributed by atoms with van der Waals surface area (Å²) in [4.78, 5) is 2.54. The van der Waals surface area contributed by atoms with E-state index in [2.05, 4.69) is 30.2 Å². The molecule has 0 amide bonds. The normalized spacial score (nSPS) is 18.8. The minimum Gasteiger partial charge on any atom is -0.242 e. The van der Waals surface area contributed by atoms with Crippen LogP contribution in [0, 0.1) is 0 Å². The molecule has 12 heavy (non-hydrogen) atoms. The fraction of sp³-hybridized carbons (Fsp3) is 0.900. The Labute approximate surface area is 75.9 Å². The molecule has 0 saturated carbocycles. The largest absolute Gasteiger partial charge is 0.242 e. The molecule has 0 N–H and O–H groups in total. The summed E-state index contributed by atoms with van der Waals surface area (Å²) in [6.07, 6.45) is 2.65. The Balaban J connectivity index is 2.31. The molecule has 1 aliphatic heterocycles. The molecule has 0 bridgehead atoms. The Morgan fingerprint density at radius 2 is 2.17 bits per heavy atom. The van der Waals surface area contributed by atoms with Gasteiger partial charge in [-0.2, -0.15) is 0 Å². The van der Waals surface area contributed by atoms with Crippen LogP contribution in [0.2, 0.25) is 0 Å². The highest BCUT2D eigenvalue weighted by Gasteiger charge is 2.21. The first-order valence-electron chi connectivity index (χ1n) is 5.01. The second kappa shape index (κ2) is 4.61. The summed E-state index contributed by atoms with van der Waals surface area (Å²) in [5.41, 5.74) is 1.45. The lowest BCUT2D eigenvalue weighted by Gasteiger charge is -2.08. The molecule has 1 saturated heterocycles. The third-order valence-corrected chi connectivity index (χ3v) is 2.52. The third-order valence-electron chi connectivity index (χ3n) is 2.52. The zero-order valence-electron chi connectivity index (χ0n) is 8.64. The van der Waals surface area contributed by atoms with Crippen LogP contribution in [0.3, 0.4) is 0 Å². The van der Waals surface area contributed by atoms with Crippen molar-refractivity contribution in [2.75, 3.05) is 26.3 Å². The van der Waals surface area contributed by atoms with Crippen LogP contribution in [0.5, 0.6) is 0 Å². The fourth-order valence-corrected chi connectivity index (χ4v) is 1.57. The second-order valence-corrected chi connectivity index (χ2v) is 3.82. The van der Waals surface area contributed by atoms with Gasteiger partial charge < -0.3 is 0 Å². The van der Waals surface area contributed by atoms with E-state index in [0.29, 0.717) is 0 Å². The maximum Gasteiger partial charge on any atom is 0.199 e. The zero-order chi connectivity index (χ0) is 8.97. The molecule has 1 heterocycles. The van der Waals surface area contributed by atoms with Crippen molar-refractivity contribution in [3.63, 3.8) is 0 Å². The van der Waals surface area contributed by atoms with E-state index in [0.717, 1.165) is 6.67 Å². The molecule has 2 nitrogen and oxygen atoms in total. The summed E-state index contributed by atoms with van der Waals surface area (Å²) in [6.45, 7) is 11.6. The molecule has 0 aromatic heterocycles. The summed E-state index contributed by atoms with van der Waals surface area (Å²) >= 11 is 0. The minimum atomic E-state index is 1.16. The molecule has 1 rings (SSSR count). The Morgan fingerprint density at radius 3 is 2.67 bits per heavy atom. The summed E-state index contributed by atoms with van der Waals surface area (Å²) in [7, 11) is 0. The van der Waals surface area contributed by atoms with Crippen molar-refractivity contribution >= 4 is 5.71 Å². The maximum absolute atomic E-state index is 2.54. The Morgan fingerprint density at radius 1 is 1.42 bits per heavy atom. The number of unbranched alkanes of at least 4 members (excludes halogenated alkanes) is 1. The number of nitrogens with zero attached hydrogens (tertiary/aromatic N) is 2. The Kier molecular flexibility index (Phi) is 3.73. The lowest BCUT2D eigenvalue weighted by Crippen LogP contribution is -2.23. The fourth-order valence-electron chi connectivity index (χ4n) is 1.57. The van der Waals surface area contributed by atoms with Crippen molar-refractivity contribution in [3.05, 3.63) is 0 Å². The van der Waals surface area contributed by atoms with Gasteiger partial charge in [-0.15, -0.1) is 0 Å². The van der Waals surface area contributed by atoms with Gasteiger partial charge >= 0.3 is 0 Å². The van der Waals surface area contributed by atoms with Crippen LogP contribution in [0.25, 0.3) is 0 Å². The van der Waals surface area contributed by atoms with Gasteiger partial charge in [0.2, 0.25) is 0 Å². The van der Waals surface area contributed by atoms with E-state index in [1.165, 1.54) is 38.2 Å². The van der Waals surface area contributed by atoms with E-state index in [1.807, 2.05) is 0 Å². The molecule has 0 atom stereocenters. The van der Waals surface area contributed by atoms with Crippen molar-refractivity contribution in [2.24, 2.45) is 0 Å². The average Bonchev–Trinajstić information content (AvgIpc) is 2.48. The van der Waals surface area contributed by atoms with Crippen LogP contribution >= 0.6 is 0 Å². The topological polar surface area (TPSA) is 6.25 Å². The van der Waals surface area contributed by atoms with Crippen molar-refractivity contribution in [3.8, 4) is 0 Å². The van der Waals surface area contributed by atoms with Gasteiger partial charge in [0.15, 0.2) is 13.2 Å². The Bertz CT molecular complexity index is 169. The van der Waals surface area contributed by atoms with E-state index in [4.69, 9.17) is 0 Å². The quantitative estimate of drug-likeness (QED) is 0.581. The summed E-state index contributed by atoms with van der Waals surface area (Å²) in [5.74, 6) is 0. The summed E-state index contributed by atoms with van der Waals surface area (Å²) in [5, 5.41) is 0. The van der Waals surface area contributed by atoms with E-state index < -0.39 is 0 Å². The number of hydrogen-bond acceptors (Lipinski definition) is 1. The second-order valence-electron chi connectivity index (χ2n) is 3.82. The van der Waals surface area contributed by atoms with Gasteiger partial charge in [-0.05, 0) is 6.42 Å². The molecule has 0 radical (unpaired) electrons. The SMILES string of the molecule is CCCCN1CC[N+](=C(C)C)C1. The van der Waals surface area contributed by atoms with Crippen molar-refractivity contribution < 1.29 is 4.58 Å². The van der Waals surface area contributed by atoms with Crippen LogP contribution in [0.15, 0.2) is 0 Å². The van der Waals surface area contributed by atoms with E-state index >= 15 is 0 Å². The summed E-state index contributed by atoms with van der Waals surface area (Å²) in [6, 6.07) is 0. The van der Waals surface area contributed by atoms with Gasteiger partial charge in [-0.3, -0.25) is 0 Å². The van der Waals surface area contributed by atoms with Crippen LogP contribution in [0.4, 0.5) is 0 Å². The molecular weight excluding hydrogens is 148 g/mol. The molecular formula is C10H21N2+. The van der Waals surface area contributed by atoms with Crippen molar-refractivity contribution in [1.82, 2.24) is 4.90 Å². The number of rotatable bonds is 3. The lowest BCUT2D eigenvalue weighted by molar-refractivity contribution is -0.515. The Hall–Kier alpha value is -0.370. The van der Waals surface area contributed by atoms with Gasteiger partial charge in [0, 0.05) is 20.4 Å². The summed E-state index contributed by atoms with van der Waals surface area (Å²) < 4.78 is 2.45. The monoisotopic (exact) mass is 169 g/mol. The molecule has 70 valence electrons. The highest BCUT2D eigenvalue weighted by molar-refractivity contribution is 5.73. The van der Waals surface area contributed by atoms with Gasteiger partial charge in [0.25, 0.3) is 0 Å². The molecule has 0 aromatic carbocycles. The van der Waals surface area contributed by atoms with Crippen LogP contribution < -0.4 is 0 Å². The zero-order valence-corrected chi connectivity index (χ0v) is 8.64.